The fraction of sp³-hybridized carbons (Fsp3) is 0.526. The van der Waals surface area contributed by atoms with Crippen LogP contribution in [0.15, 0.2) is 12.1 Å². The average Bonchev–Trinajstić information content (AvgIpc) is 3.04. The van der Waals surface area contributed by atoms with Gasteiger partial charge >= 0.3 is 0 Å². The Morgan fingerprint density at radius 3 is 2.41 bits per heavy atom. The molecule has 2 aromatic heterocycles. The second kappa shape index (κ2) is 6.94. The van der Waals surface area contributed by atoms with Gasteiger partial charge in [-0.3, -0.25) is 9.30 Å². The van der Waals surface area contributed by atoms with Gasteiger partial charge < -0.3 is 14.2 Å². The number of aromatic nitrogens is 4. The number of aryl methyl sites for hydroxylation is 1. The maximum Gasteiger partial charge on any atom is 0.171 e. The largest absolute Gasteiger partial charge is 0.493 e. The number of fused-ring (bicyclic) bond motifs is 3. The fourth-order valence-corrected chi connectivity index (χ4v) is 3.91. The molecular formula is C19H25N5O3. The highest BCUT2D eigenvalue weighted by Crippen LogP contribution is 2.33. The summed E-state index contributed by atoms with van der Waals surface area (Å²) in [7, 11) is 3.24. The fourth-order valence-electron chi connectivity index (χ4n) is 3.91. The summed E-state index contributed by atoms with van der Waals surface area (Å²) in [5, 5.41) is 9.82. The van der Waals surface area contributed by atoms with Crippen molar-refractivity contribution in [2.45, 2.75) is 39.5 Å². The first-order chi connectivity index (χ1) is 13.0. The van der Waals surface area contributed by atoms with Crippen molar-refractivity contribution in [3.05, 3.63) is 23.8 Å². The minimum atomic E-state index is 0.213. The first kappa shape index (κ1) is 17.9. The molecule has 27 heavy (non-hydrogen) atoms. The molecule has 0 aliphatic carbocycles. The van der Waals surface area contributed by atoms with Crippen molar-refractivity contribution in [3.63, 3.8) is 0 Å². The number of hydrogen-bond acceptors (Lipinski definition) is 7. The summed E-state index contributed by atoms with van der Waals surface area (Å²) in [5.74, 6) is 3.03. The van der Waals surface area contributed by atoms with E-state index in [9.17, 15) is 0 Å². The molecule has 1 saturated heterocycles. The van der Waals surface area contributed by atoms with E-state index >= 15 is 0 Å². The Labute approximate surface area is 158 Å². The molecule has 0 radical (unpaired) electrons. The summed E-state index contributed by atoms with van der Waals surface area (Å²) < 4.78 is 18.7. The Morgan fingerprint density at radius 2 is 1.74 bits per heavy atom. The Balaban J connectivity index is 1.79. The van der Waals surface area contributed by atoms with Crippen LogP contribution in [0, 0.1) is 6.92 Å². The van der Waals surface area contributed by atoms with Gasteiger partial charge in [0.05, 0.1) is 38.5 Å². The molecule has 1 aromatic carbocycles. The summed E-state index contributed by atoms with van der Waals surface area (Å²) in [5.41, 5.74) is 1.59. The molecule has 3 aromatic rings. The zero-order valence-corrected chi connectivity index (χ0v) is 16.4. The number of methoxy groups -OCH3 is 2. The van der Waals surface area contributed by atoms with Crippen LogP contribution in [-0.2, 0) is 11.3 Å². The van der Waals surface area contributed by atoms with Crippen LogP contribution in [0.25, 0.3) is 16.6 Å². The molecule has 2 atom stereocenters. The monoisotopic (exact) mass is 371 g/mol. The van der Waals surface area contributed by atoms with E-state index in [1.165, 1.54) is 0 Å². The van der Waals surface area contributed by atoms with Gasteiger partial charge in [-0.25, -0.2) is 4.98 Å². The standard InChI is InChI=1S/C19H25N5O3/c1-11-8-23(9-12(2)27-11)10-18-21-22-19-14-6-16(25-4)17(26-5)7-15(14)20-13(3)24(18)19/h6-7,11-12H,8-10H2,1-5H3/t11-,12-/m1/s1. The molecule has 0 bridgehead atoms. The molecule has 8 heteroatoms. The second-order valence-corrected chi connectivity index (χ2v) is 7.11. The molecule has 0 amide bonds. The third kappa shape index (κ3) is 3.19. The number of hydrogen-bond donors (Lipinski definition) is 0. The summed E-state index contributed by atoms with van der Waals surface area (Å²) in [6.07, 6.45) is 0.425. The van der Waals surface area contributed by atoms with Gasteiger partial charge in [0.2, 0.25) is 0 Å². The molecule has 0 unspecified atom stereocenters. The van der Waals surface area contributed by atoms with E-state index in [0.717, 1.165) is 41.3 Å². The molecule has 144 valence electrons. The van der Waals surface area contributed by atoms with Gasteiger partial charge in [0.1, 0.15) is 5.82 Å². The smallest absolute Gasteiger partial charge is 0.171 e. The van der Waals surface area contributed by atoms with Crippen LogP contribution in [0.3, 0.4) is 0 Å². The van der Waals surface area contributed by atoms with E-state index < -0.39 is 0 Å². The quantitative estimate of drug-likeness (QED) is 0.696. The first-order valence-corrected chi connectivity index (χ1v) is 9.14. The molecule has 4 rings (SSSR count). The average molecular weight is 371 g/mol. The van der Waals surface area contributed by atoms with Gasteiger partial charge in [-0.2, -0.15) is 0 Å². The lowest BCUT2D eigenvalue weighted by Crippen LogP contribution is -2.45. The van der Waals surface area contributed by atoms with E-state index in [0.29, 0.717) is 18.0 Å². The van der Waals surface area contributed by atoms with Gasteiger partial charge in [0.25, 0.3) is 0 Å². The van der Waals surface area contributed by atoms with Crippen LogP contribution in [0.2, 0.25) is 0 Å². The highest BCUT2D eigenvalue weighted by molar-refractivity contribution is 5.93. The van der Waals surface area contributed by atoms with E-state index in [1.807, 2.05) is 23.5 Å². The number of benzene rings is 1. The van der Waals surface area contributed by atoms with Crippen molar-refractivity contribution < 1.29 is 14.2 Å². The molecule has 1 aliphatic heterocycles. The topological polar surface area (TPSA) is 74.0 Å². The number of rotatable bonds is 4. The van der Waals surface area contributed by atoms with Crippen LogP contribution in [0.4, 0.5) is 0 Å². The Hall–Kier alpha value is -2.45. The van der Waals surface area contributed by atoms with Crippen molar-refractivity contribution in [1.82, 2.24) is 24.5 Å². The highest BCUT2D eigenvalue weighted by Gasteiger charge is 2.24. The molecule has 1 aliphatic rings. The lowest BCUT2D eigenvalue weighted by Gasteiger charge is -2.34. The maximum atomic E-state index is 5.83. The number of morpholine rings is 1. The summed E-state index contributed by atoms with van der Waals surface area (Å²) in [6, 6.07) is 3.79. The van der Waals surface area contributed by atoms with Crippen LogP contribution in [-0.4, -0.2) is 64.0 Å². The maximum absolute atomic E-state index is 5.83. The predicted molar refractivity (Wildman–Crippen MR) is 101 cm³/mol. The van der Waals surface area contributed by atoms with Crippen molar-refractivity contribution >= 4 is 16.6 Å². The number of nitrogens with zero attached hydrogens (tertiary/aromatic N) is 5. The van der Waals surface area contributed by atoms with Crippen molar-refractivity contribution in [1.29, 1.82) is 0 Å². The van der Waals surface area contributed by atoms with E-state index in [4.69, 9.17) is 19.2 Å². The van der Waals surface area contributed by atoms with Gasteiger partial charge in [-0.05, 0) is 26.8 Å². The van der Waals surface area contributed by atoms with Gasteiger partial charge in [0.15, 0.2) is 23.0 Å². The zero-order chi connectivity index (χ0) is 19.1. The van der Waals surface area contributed by atoms with E-state index in [1.54, 1.807) is 14.2 Å². The molecule has 0 N–H and O–H groups in total. The predicted octanol–water partition coefficient (Wildman–Crippen LogP) is 2.21. The molecule has 0 saturated carbocycles. The van der Waals surface area contributed by atoms with E-state index in [2.05, 4.69) is 28.9 Å². The summed E-state index contributed by atoms with van der Waals surface area (Å²) in [4.78, 5) is 7.10. The van der Waals surface area contributed by atoms with Crippen LogP contribution < -0.4 is 9.47 Å². The molecule has 0 spiro atoms. The van der Waals surface area contributed by atoms with Crippen molar-refractivity contribution in [2.24, 2.45) is 0 Å². The van der Waals surface area contributed by atoms with Gasteiger partial charge in [-0.15, -0.1) is 10.2 Å². The van der Waals surface area contributed by atoms with Gasteiger partial charge in [0, 0.05) is 24.5 Å². The third-order valence-electron chi connectivity index (χ3n) is 4.94. The zero-order valence-electron chi connectivity index (χ0n) is 16.4. The third-order valence-corrected chi connectivity index (χ3v) is 4.94. The SMILES string of the molecule is COc1cc2nc(C)n3c(CN4C[C@@H](C)O[C@H](C)C4)nnc3c2cc1OC. The minimum absolute atomic E-state index is 0.213. The van der Waals surface area contributed by atoms with E-state index in [-0.39, 0.29) is 12.2 Å². The normalized spacial score (nSPS) is 21.1. The summed E-state index contributed by atoms with van der Waals surface area (Å²) >= 11 is 0. The molecular weight excluding hydrogens is 346 g/mol. The van der Waals surface area contributed by atoms with Crippen LogP contribution in [0.1, 0.15) is 25.5 Å². The van der Waals surface area contributed by atoms with Crippen LogP contribution >= 0.6 is 0 Å². The lowest BCUT2D eigenvalue weighted by atomic mass is 10.2. The number of ether oxygens (including phenoxy) is 3. The Morgan fingerprint density at radius 1 is 1.07 bits per heavy atom. The molecule has 3 heterocycles. The lowest BCUT2D eigenvalue weighted by molar-refractivity contribution is -0.0711. The Kier molecular flexibility index (Phi) is 4.61. The summed E-state index contributed by atoms with van der Waals surface area (Å²) in [6.45, 7) is 8.64. The molecule has 1 fully saturated rings. The molecule has 8 nitrogen and oxygen atoms in total. The second-order valence-electron chi connectivity index (χ2n) is 7.11. The van der Waals surface area contributed by atoms with Gasteiger partial charge in [-0.1, -0.05) is 0 Å². The highest BCUT2D eigenvalue weighted by atomic mass is 16.5. The minimum Gasteiger partial charge on any atom is -0.493 e. The van der Waals surface area contributed by atoms with Crippen molar-refractivity contribution in [2.75, 3.05) is 27.3 Å². The van der Waals surface area contributed by atoms with Crippen LogP contribution in [0.5, 0.6) is 11.5 Å². The van der Waals surface area contributed by atoms with Crippen molar-refractivity contribution in [3.8, 4) is 11.5 Å². The Bertz CT molecular complexity index is 977. The first-order valence-electron chi connectivity index (χ1n) is 9.14.